The SMILES string of the molecule is CC(C)CCC(=O)N(C)C(C)C(N)=NO. The van der Waals surface area contributed by atoms with Crippen molar-refractivity contribution < 1.29 is 10.0 Å². The van der Waals surface area contributed by atoms with E-state index >= 15 is 0 Å². The first kappa shape index (κ1) is 13.7. The number of rotatable bonds is 5. The molecule has 0 fully saturated rings. The summed E-state index contributed by atoms with van der Waals surface area (Å²) in [5.74, 6) is 0.569. The van der Waals surface area contributed by atoms with Gasteiger partial charge in [-0.2, -0.15) is 0 Å². The first-order valence-electron chi connectivity index (χ1n) is 5.13. The Balaban J connectivity index is 4.20. The van der Waals surface area contributed by atoms with Gasteiger partial charge in [0, 0.05) is 13.5 Å². The molecule has 15 heavy (non-hydrogen) atoms. The molecular weight excluding hydrogens is 194 g/mol. The summed E-state index contributed by atoms with van der Waals surface area (Å²) in [4.78, 5) is 13.1. The van der Waals surface area contributed by atoms with Crippen molar-refractivity contribution >= 4 is 11.7 Å². The molecule has 0 bridgehead atoms. The van der Waals surface area contributed by atoms with Crippen molar-refractivity contribution in [3.05, 3.63) is 0 Å². The van der Waals surface area contributed by atoms with Crippen LogP contribution in [0.4, 0.5) is 0 Å². The lowest BCUT2D eigenvalue weighted by molar-refractivity contribution is -0.130. The van der Waals surface area contributed by atoms with E-state index in [0.717, 1.165) is 6.42 Å². The molecule has 0 aliphatic heterocycles. The average molecular weight is 215 g/mol. The molecule has 0 heterocycles. The van der Waals surface area contributed by atoms with E-state index in [9.17, 15) is 4.79 Å². The topological polar surface area (TPSA) is 78.9 Å². The van der Waals surface area contributed by atoms with Crippen LogP contribution in [0.5, 0.6) is 0 Å². The molecule has 5 heteroatoms. The zero-order valence-electron chi connectivity index (χ0n) is 9.90. The van der Waals surface area contributed by atoms with Crippen molar-refractivity contribution in [2.45, 2.75) is 39.7 Å². The number of nitrogens with two attached hydrogens (primary N) is 1. The average Bonchev–Trinajstić information content (AvgIpc) is 2.22. The Morgan fingerprint density at radius 2 is 2.00 bits per heavy atom. The molecule has 3 N–H and O–H groups in total. The molecule has 1 unspecified atom stereocenters. The van der Waals surface area contributed by atoms with Crippen LogP contribution in [0.25, 0.3) is 0 Å². The van der Waals surface area contributed by atoms with Gasteiger partial charge in [0.15, 0.2) is 5.84 Å². The largest absolute Gasteiger partial charge is 0.409 e. The van der Waals surface area contributed by atoms with Crippen molar-refractivity contribution in [3.63, 3.8) is 0 Å². The van der Waals surface area contributed by atoms with Crippen LogP contribution in [0.2, 0.25) is 0 Å². The van der Waals surface area contributed by atoms with E-state index in [4.69, 9.17) is 10.9 Å². The first-order chi connectivity index (χ1) is 6.90. The Bertz CT molecular complexity index is 239. The maximum absolute atomic E-state index is 11.6. The molecule has 0 spiro atoms. The van der Waals surface area contributed by atoms with Crippen LogP contribution in [0, 0.1) is 5.92 Å². The summed E-state index contributed by atoms with van der Waals surface area (Å²) in [5, 5.41) is 11.4. The predicted molar refractivity (Wildman–Crippen MR) is 59.7 cm³/mol. The van der Waals surface area contributed by atoms with E-state index < -0.39 is 0 Å². The quantitative estimate of drug-likeness (QED) is 0.311. The zero-order chi connectivity index (χ0) is 12.0. The third-order valence-electron chi connectivity index (χ3n) is 2.45. The fourth-order valence-electron chi connectivity index (χ4n) is 1.09. The Hall–Kier alpha value is -1.26. The number of hydrogen-bond donors (Lipinski definition) is 2. The van der Waals surface area contributed by atoms with Crippen LogP contribution in [-0.2, 0) is 4.79 Å². The molecule has 5 nitrogen and oxygen atoms in total. The Kier molecular flexibility index (Phi) is 5.74. The molecule has 0 saturated heterocycles. The number of carbonyl (C=O) groups excluding carboxylic acids is 1. The summed E-state index contributed by atoms with van der Waals surface area (Å²) in [6.45, 7) is 5.86. The van der Waals surface area contributed by atoms with Gasteiger partial charge in [0.1, 0.15) is 0 Å². The maximum Gasteiger partial charge on any atom is 0.222 e. The molecule has 1 amide bonds. The molecule has 0 rings (SSSR count). The number of carbonyl (C=O) groups is 1. The normalized spacial score (nSPS) is 14.1. The van der Waals surface area contributed by atoms with Gasteiger partial charge in [-0.15, -0.1) is 0 Å². The van der Waals surface area contributed by atoms with Crippen LogP contribution in [0.3, 0.4) is 0 Å². The number of amidine groups is 1. The fourth-order valence-corrected chi connectivity index (χ4v) is 1.09. The second-order valence-electron chi connectivity index (χ2n) is 4.14. The third-order valence-corrected chi connectivity index (χ3v) is 2.45. The van der Waals surface area contributed by atoms with Gasteiger partial charge in [0.05, 0.1) is 6.04 Å². The molecule has 0 aromatic rings. The summed E-state index contributed by atoms with van der Waals surface area (Å²) in [5.41, 5.74) is 5.42. The molecule has 0 aliphatic rings. The van der Waals surface area contributed by atoms with Gasteiger partial charge >= 0.3 is 0 Å². The Morgan fingerprint density at radius 3 is 2.40 bits per heavy atom. The number of oxime groups is 1. The number of amides is 1. The van der Waals surface area contributed by atoms with Crippen molar-refractivity contribution in [1.82, 2.24) is 4.90 Å². The molecule has 0 aromatic carbocycles. The van der Waals surface area contributed by atoms with Crippen LogP contribution in [-0.4, -0.2) is 34.9 Å². The summed E-state index contributed by atoms with van der Waals surface area (Å²) in [6.07, 6.45) is 1.35. The van der Waals surface area contributed by atoms with Crippen molar-refractivity contribution in [2.75, 3.05) is 7.05 Å². The first-order valence-corrected chi connectivity index (χ1v) is 5.13. The van der Waals surface area contributed by atoms with Gasteiger partial charge in [-0.25, -0.2) is 0 Å². The number of likely N-dealkylation sites (N-methyl/N-ethyl adjacent to an activating group) is 1. The van der Waals surface area contributed by atoms with Crippen molar-refractivity contribution in [3.8, 4) is 0 Å². The van der Waals surface area contributed by atoms with E-state index in [0.29, 0.717) is 12.3 Å². The minimum absolute atomic E-state index is 0.0165. The summed E-state index contributed by atoms with van der Waals surface area (Å²) in [6, 6.07) is -0.366. The zero-order valence-corrected chi connectivity index (χ0v) is 9.90. The van der Waals surface area contributed by atoms with Gasteiger partial charge in [0.2, 0.25) is 5.91 Å². The number of hydrogen-bond acceptors (Lipinski definition) is 3. The van der Waals surface area contributed by atoms with Gasteiger partial charge < -0.3 is 15.8 Å². The molecule has 0 saturated carbocycles. The highest BCUT2D eigenvalue weighted by molar-refractivity contribution is 5.89. The van der Waals surface area contributed by atoms with Gasteiger partial charge in [0.25, 0.3) is 0 Å². The standard InChI is InChI=1S/C10H21N3O2/c1-7(2)5-6-9(14)13(4)8(3)10(11)12-15/h7-8,15H,5-6H2,1-4H3,(H2,11,12). The van der Waals surface area contributed by atoms with Crippen LogP contribution >= 0.6 is 0 Å². The van der Waals surface area contributed by atoms with Crippen molar-refractivity contribution in [2.24, 2.45) is 16.8 Å². The minimum Gasteiger partial charge on any atom is -0.409 e. The van der Waals surface area contributed by atoms with E-state index in [2.05, 4.69) is 19.0 Å². The minimum atomic E-state index is -0.366. The van der Waals surface area contributed by atoms with Gasteiger partial charge in [-0.1, -0.05) is 19.0 Å². The highest BCUT2D eigenvalue weighted by Crippen LogP contribution is 2.07. The smallest absolute Gasteiger partial charge is 0.222 e. The molecule has 0 aliphatic carbocycles. The molecule has 1 atom stereocenters. The summed E-state index contributed by atoms with van der Waals surface area (Å²) >= 11 is 0. The second kappa shape index (κ2) is 6.27. The van der Waals surface area contributed by atoms with E-state index in [-0.39, 0.29) is 17.8 Å². The lowest BCUT2D eigenvalue weighted by Crippen LogP contribution is -2.43. The highest BCUT2D eigenvalue weighted by atomic mass is 16.4. The number of nitrogens with zero attached hydrogens (tertiary/aromatic N) is 2. The van der Waals surface area contributed by atoms with Gasteiger partial charge in [-0.3, -0.25) is 4.79 Å². The Labute approximate surface area is 90.9 Å². The lowest BCUT2D eigenvalue weighted by atomic mass is 10.1. The highest BCUT2D eigenvalue weighted by Gasteiger charge is 2.18. The summed E-state index contributed by atoms with van der Waals surface area (Å²) in [7, 11) is 1.66. The molecule has 88 valence electrons. The third kappa shape index (κ3) is 4.67. The van der Waals surface area contributed by atoms with Crippen LogP contribution in [0.15, 0.2) is 5.16 Å². The molecule has 0 radical (unpaired) electrons. The second-order valence-corrected chi connectivity index (χ2v) is 4.14. The fraction of sp³-hybridized carbons (Fsp3) is 0.800. The van der Waals surface area contributed by atoms with E-state index in [1.54, 1.807) is 14.0 Å². The molecular formula is C10H21N3O2. The van der Waals surface area contributed by atoms with Crippen molar-refractivity contribution in [1.29, 1.82) is 0 Å². The lowest BCUT2D eigenvalue weighted by Gasteiger charge is -2.24. The van der Waals surface area contributed by atoms with Crippen LogP contribution < -0.4 is 5.73 Å². The predicted octanol–water partition coefficient (Wildman–Crippen LogP) is 1.02. The molecule has 0 aromatic heterocycles. The maximum atomic E-state index is 11.6. The van der Waals surface area contributed by atoms with E-state index in [1.807, 2.05) is 0 Å². The van der Waals surface area contributed by atoms with Crippen LogP contribution in [0.1, 0.15) is 33.6 Å². The monoisotopic (exact) mass is 215 g/mol. The summed E-state index contributed by atoms with van der Waals surface area (Å²) < 4.78 is 0. The van der Waals surface area contributed by atoms with E-state index in [1.165, 1.54) is 4.90 Å². The van der Waals surface area contributed by atoms with Gasteiger partial charge in [-0.05, 0) is 19.3 Å². The Morgan fingerprint density at radius 1 is 1.47 bits per heavy atom.